The van der Waals surface area contributed by atoms with Crippen LogP contribution in [0.4, 0.5) is 17.6 Å². The van der Waals surface area contributed by atoms with Crippen molar-refractivity contribution < 1.29 is 31.3 Å². The van der Waals surface area contributed by atoms with Gasteiger partial charge in [0, 0.05) is 12.1 Å². The molecule has 2 aromatic heterocycles. The molecule has 1 N–H and O–H groups in total. The topological polar surface area (TPSA) is 81.2 Å². The second-order valence-corrected chi connectivity index (χ2v) is 8.15. The Morgan fingerprint density at radius 1 is 1.06 bits per heavy atom. The smallest absolute Gasteiger partial charge is 0.416 e. The zero-order chi connectivity index (χ0) is 24.1. The Balaban J connectivity index is 1.30. The predicted octanol–water partition coefficient (Wildman–Crippen LogP) is 5.70. The van der Waals surface area contributed by atoms with Gasteiger partial charge in [-0.2, -0.15) is 18.2 Å². The Morgan fingerprint density at radius 2 is 1.85 bits per heavy atom. The minimum absolute atomic E-state index is 0.00579. The van der Waals surface area contributed by atoms with Crippen LogP contribution in [0.5, 0.6) is 0 Å². The maximum Gasteiger partial charge on any atom is 0.416 e. The Hall–Kier alpha value is -3.60. The lowest BCUT2D eigenvalue weighted by molar-refractivity contribution is -0.137. The molecule has 0 aliphatic rings. The number of nitrogens with one attached hydrogen (secondary N) is 1. The molecule has 0 bridgehead atoms. The van der Waals surface area contributed by atoms with Crippen LogP contribution in [0.15, 0.2) is 69.6 Å². The number of hydrogen-bond acceptors (Lipinski definition) is 6. The van der Waals surface area contributed by atoms with Gasteiger partial charge in [-0.15, -0.1) is 11.8 Å². The van der Waals surface area contributed by atoms with Crippen molar-refractivity contribution in [3.8, 4) is 23.0 Å². The number of carbonyl (C=O) groups is 1. The maximum atomic E-state index is 12.9. The van der Waals surface area contributed by atoms with E-state index < -0.39 is 11.7 Å². The van der Waals surface area contributed by atoms with Gasteiger partial charge in [0.25, 0.3) is 5.89 Å². The molecule has 0 saturated carbocycles. The van der Waals surface area contributed by atoms with Crippen molar-refractivity contribution in [2.75, 3.05) is 5.75 Å². The highest BCUT2D eigenvalue weighted by Crippen LogP contribution is 2.32. The standard InChI is InChI=1S/C23H17F4N3O3S/c24-17-6-4-14(5-7-17)11-28-20(31)13-34-12-18-8-9-19(32-18)22-29-21(30-33-22)15-2-1-3-16(10-15)23(25,26)27/h1-10H,11-13H2,(H,28,31). The molecule has 0 unspecified atom stereocenters. The van der Waals surface area contributed by atoms with E-state index in [1.54, 1.807) is 24.3 Å². The van der Waals surface area contributed by atoms with Crippen LogP contribution in [0.3, 0.4) is 0 Å². The third-order valence-corrected chi connectivity index (χ3v) is 5.58. The fraction of sp³-hybridized carbons (Fsp3) is 0.174. The first-order chi connectivity index (χ1) is 16.3. The van der Waals surface area contributed by atoms with Crippen LogP contribution in [0.25, 0.3) is 23.0 Å². The van der Waals surface area contributed by atoms with Crippen molar-refractivity contribution in [3.63, 3.8) is 0 Å². The fourth-order valence-corrected chi connectivity index (χ4v) is 3.69. The van der Waals surface area contributed by atoms with Gasteiger partial charge in [0.15, 0.2) is 5.76 Å². The summed E-state index contributed by atoms with van der Waals surface area (Å²) in [7, 11) is 0. The van der Waals surface area contributed by atoms with Gasteiger partial charge >= 0.3 is 6.18 Å². The van der Waals surface area contributed by atoms with E-state index in [2.05, 4.69) is 15.5 Å². The van der Waals surface area contributed by atoms with Crippen molar-refractivity contribution in [1.82, 2.24) is 15.5 Å². The molecule has 0 spiro atoms. The van der Waals surface area contributed by atoms with Crippen LogP contribution in [0.2, 0.25) is 0 Å². The highest BCUT2D eigenvalue weighted by molar-refractivity contribution is 7.99. The molecule has 2 aromatic carbocycles. The van der Waals surface area contributed by atoms with Crippen LogP contribution in [-0.2, 0) is 23.3 Å². The second-order valence-electron chi connectivity index (χ2n) is 7.16. The molecule has 1 amide bonds. The summed E-state index contributed by atoms with van der Waals surface area (Å²) in [6, 6.07) is 13.8. The molecule has 4 rings (SSSR count). The molecule has 11 heteroatoms. The lowest BCUT2D eigenvalue weighted by Gasteiger charge is -2.06. The Kier molecular flexibility index (Phi) is 7.01. The predicted molar refractivity (Wildman–Crippen MR) is 117 cm³/mol. The number of rotatable bonds is 8. The maximum absolute atomic E-state index is 12.9. The van der Waals surface area contributed by atoms with E-state index in [1.807, 2.05) is 0 Å². The molecule has 2 heterocycles. The second kappa shape index (κ2) is 10.1. The van der Waals surface area contributed by atoms with Crippen molar-refractivity contribution >= 4 is 17.7 Å². The van der Waals surface area contributed by atoms with Gasteiger partial charge < -0.3 is 14.3 Å². The summed E-state index contributed by atoms with van der Waals surface area (Å²) in [6.45, 7) is 0.302. The number of carbonyl (C=O) groups excluding carboxylic acids is 1. The first-order valence-corrected chi connectivity index (χ1v) is 11.1. The van der Waals surface area contributed by atoms with Gasteiger partial charge in [-0.05, 0) is 42.0 Å². The molecular formula is C23H17F4N3O3S. The van der Waals surface area contributed by atoms with Crippen LogP contribution >= 0.6 is 11.8 Å². The lowest BCUT2D eigenvalue weighted by atomic mass is 10.1. The van der Waals surface area contributed by atoms with Crippen molar-refractivity contribution in [1.29, 1.82) is 0 Å². The van der Waals surface area contributed by atoms with E-state index in [4.69, 9.17) is 8.94 Å². The minimum atomic E-state index is -4.48. The van der Waals surface area contributed by atoms with Crippen molar-refractivity contribution in [3.05, 3.63) is 83.4 Å². The number of furan rings is 1. The molecule has 0 radical (unpaired) electrons. The molecule has 0 atom stereocenters. The van der Waals surface area contributed by atoms with Crippen LogP contribution in [-0.4, -0.2) is 21.8 Å². The summed E-state index contributed by atoms with van der Waals surface area (Å²) in [5.74, 6) is 0.939. The summed E-state index contributed by atoms with van der Waals surface area (Å²) in [4.78, 5) is 16.1. The number of thioether (sulfide) groups is 1. The van der Waals surface area contributed by atoms with E-state index in [0.29, 0.717) is 18.1 Å². The third-order valence-electron chi connectivity index (χ3n) is 4.63. The number of halogens is 4. The molecule has 4 aromatic rings. The zero-order valence-electron chi connectivity index (χ0n) is 17.4. The number of alkyl halides is 3. The zero-order valence-corrected chi connectivity index (χ0v) is 18.3. The summed E-state index contributed by atoms with van der Waals surface area (Å²) in [5.41, 5.74) is 0.147. The van der Waals surface area contributed by atoms with Gasteiger partial charge in [0.2, 0.25) is 11.7 Å². The average molecular weight is 491 g/mol. The fourth-order valence-electron chi connectivity index (χ4n) is 2.94. The molecule has 0 aliphatic carbocycles. The lowest BCUT2D eigenvalue weighted by Crippen LogP contribution is -2.24. The van der Waals surface area contributed by atoms with E-state index in [9.17, 15) is 22.4 Å². The van der Waals surface area contributed by atoms with Crippen molar-refractivity contribution in [2.24, 2.45) is 0 Å². The number of aromatic nitrogens is 2. The summed E-state index contributed by atoms with van der Waals surface area (Å²) < 4.78 is 62.5. The number of amides is 1. The molecule has 34 heavy (non-hydrogen) atoms. The highest BCUT2D eigenvalue weighted by atomic mass is 32.2. The van der Waals surface area contributed by atoms with Gasteiger partial charge in [0.05, 0.1) is 17.1 Å². The Bertz CT molecular complexity index is 1270. The van der Waals surface area contributed by atoms with Gasteiger partial charge in [-0.25, -0.2) is 4.39 Å². The Labute approximate surface area is 195 Å². The molecule has 0 fully saturated rings. The number of nitrogens with zero attached hydrogens (tertiary/aromatic N) is 2. The molecule has 176 valence electrons. The van der Waals surface area contributed by atoms with Crippen LogP contribution in [0.1, 0.15) is 16.9 Å². The summed E-state index contributed by atoms with van der Waals surface area (Å²) in [6.07, 6.45) is -4.48. The monoisotopic (exact) mass is 491 g/mol. The van der Waals surface area contributed by atoms with E-state index in [-0.39, 0.29) is 40.5 Å². The quantitative estimate of drug-likeness (QED) is 0.318. The van der Waals surface area contributed by atoms with Crippen molar-refractivity contribution in [2.45, 2.75) is 18.5 Å². The van der Waals surface area contributed by atoms with Gasteiger partial charge in [-0.1, -0.05) is 29.4 Å². The first kappa shape index (κ1) is 23.6. The van der Waals surface area contributed by atoms with Crippen LogP contribution in [0, 0.1) is 5.82 Å². The van der Waals surface area contributed by atoms with E-state index in [0.717, 1.165) is 17.7 Å². The summed E-state index contributed by atoms with van der Waals surface area (Å²) in [5, 5.41) is 6.49. The number of hydrogen-bond donors (Lipinski definition) is 1. The van der Waals surface area contributed by atoms with Gasteiger partial charge in [0.1, 0.15) is 11.6 Å². The normalized spacial score (nSPS) is 11.5. The summed E-state index contributed by atoms with van der Waals surface area (Å²) >= 11 is 1.33. The highest BCUT2D eigenvalue weighted by Gasteiger charge is 2.30. The molecule has 0 saturated heterocycles. The minimum Gasteiger partial charge on any atom is -0.455 e. The molecule has 6 nitrogen and oxygen atoms in total. The largest absolute Gasteiger partial charge is 0.455 e. The number of benzene rings is 2. The molecular weight excluding hydrogens is 474 g/mol. The van der Waals surface area contributed by atoms with Gasteiger partial charge in [-0.3, -0.25) is 4.79 Å². The SMILES string of the molecule is O=C(CSCc1ccc(-c2nc(-c3cccc(C(F)(F)F)c3)no2)o1)NCc1ccc(F)cc1. The average Bonchev–Trinajstić information content (AvgIpc) is 3.48. The third kappa shape index (κ3) is 6.04. The van der Waals surface area contributed by atoms with Crippen LogP contribution < -0.4 is 5.32 Å². The first-order valence-electron chi connectivity index (χ1n) is 9.97. The molecule has 0 aliphatic heterocycles. The Morgan fingerprint density at radius 3 is 2.62 bits per heavy atom. The van der Waals surface area contributed by atoms with E-state index >= 15 is 0 Å². The van der Waals surface area contributed by atoms with E-state index in [1.165, 1.54) is 36.0 Å².